The third kappa shape index (κ3) is 5.47. The van der Waals surface area contributed by atoms with E-state index in [2.05, 4.69) is 20.3 Å². The lowest BCUT2D eigenvalue weighted by Crippen LogP contribution is -2.42. The van der Waals surface area contributed by atoms with Gasteiger partial charge in [0, 0.05) is 26.1 Å². The number of carbonyl (C=O) groups excluding carboxylic acids is 1. The molecule has 202 valence electrons. The van der Waals surface area contributed by atoms with Crippen molar-refractivity contribution in [2.45, 2.75) is 62.5 Å². The van der Waals surface area contributed by atoms with Crippen molar-refractivity contribution in [2.24, 2.45) is 5.92 Å². The number of nitrogens with zero attached hydrogens (tertiary/aromatic N) is 2. The normalized spacial score (nSPS) is 20.1. The molecule has 3 N–H and O–H groups in total. The third-order valence-electron chi connectivity index (χ3n) is 7.62. The summed E-state index contributed by atoms with van der Waals surface area (Å²) in [6.07, 6.45) is -0.236. The zero-order valence-corrected chi connectivity index (χ0v) is 20.8. The molecule has 1 atom stereocenters. The molecule has 0 bridgehead atoms. The molecular weight excluding hydrogens is 498 g/mol. The maximum atomic E-state index is 13.9. The second-order valence-electron chi connectivity index (χ2n) is 10.1. The van der Waals surface area contributed by atoms with E-state index < -0.39 is 29.4 Å². The number of aromatic nitrogens is 3. The molecule has 0 spiro atoms. The van der Waals surface area contributed by atoms with Crippen LogP contribution in [-0.2, 0) is 26.3 Å². The Morgan fingerprint density at radius 1 is 1.08 bits per heavy atom. The lowest BCUT2D eigenvalue weighted by Gasteiger charge is -2.33. The van der Waals surface area contributed by atoms with Gasteiger partial charge in [-0.25, -0.2) is 23.5 Å². The number of rotatable bonds is 7. The minimum absolute atomic E-state index is 0.0637. The number of aliphatic carboxylic acids is 1. The number of pyridine rings is 1. The van der Waals surface area contributed by atoms with Gasteiger partial charge >= 0.3 is 12.1 Å². The quantitative estimate of drug-likeness (QED) is 0.399. The molecule has 1 aliphatic carbocycles. The molecule has 5 rings (SSSR count). The molecule has 0 radical (unpaired) electrons. The van der Waals surface area contributed by atoms with Crippen molar-refractivity contribution in [1.29, 1.82) is 0 Å². The number of aromatic amines is 1. The van der Waals surface area contributed by atoms with Gasteiger partial charge in [-0.3, -0.25) is 4.79 Å². The highest BCUT2D eigenvalue weighted by molar-refractivity contribution is 5.82. The summed E-state index contributed by atoms with van der Waals surface area (Å²) < 4.78 is 38.6. The second kappa shape index (κ2) is 10.6. The molecule has 9 nitrogen and oxygen atoms in total. The van der Waals surface area contributed by atoms with Gasteiger partial charge in [0.05, 0.1) is 17.3 Å². The molecular formula is C27H30F2N4O5. The molecule has 1 amide bonds. The molecule has 38 heavy (non-hydrogen) atoms. The highest BCUT2D eigenvalue weighted by Gasteiger charge is 2.44. The highest BCUT2D eigenvalue weighted by atomic mass is 19.3. The Bertz CT molecular complexity index is 1280. The van der Waals surface area contributed by atoms with Crippen molar-refractivity contribution in [3.05, 3.63) is 59.5 Å². The minimum atomic E-state index is -2.73. The van der Waals surface area contributed by atoms with Crippen LogP contribution in [0.25, 0.3) is 11.2 Å². The minimum Gasteiger partial charge on any atom is -0.481 e. The standard InChI is InChI=1S/C27H30F2N4O5/c28-27(29)10-8-18(9-11-27)21(32-25(36)38-16-17-4-2-1-3-5-17)23-30-19-6-7-20(31-22(19)33-23)26(24(34)35)12-14-37-15-13-26/h1-7,18,21H,8-16H2,(H,32,36)(H,34,35)(H,30,31,33)/t21-/m0/s1. The number of benzene rings is 1. The maximum Gasteiger partial charge on any atom is 0.408 e. The van der Waals surface area contributed by atoms with Crippen LogP contribution >= 0.6 is 0 Å². The van der Waals surface area contributed by atoms with Crippen LogP contribution in [0, 0.1) is 5.92 Å². The number of hydrogen-bond donors (Lipinski definition) is 3. The van der Waals surface area contributed by atoms with Gasteiger partial charge in [0.25, 0.3) is 0 Å². The molecule has 3 heterocycles. The number of ether oxygens (including phenoxy) is 2. The number of carboxylic acid groups (broad SMARTS) is 1. The van der Waals surface area contributed by atoms with Crippen LogP contribution in [-0.4, -0.2) is 51.3 Å². The molecule has 11 heteroatoms. The van der Waals surface area contributed by atoms with Crippen LogP contribution < -0.4 is 5.32 Å². The Morgan fingerprint density at radius 3 is 2.47 bits per heavy atom. The Labute approximate surface area is 218 Å². The summed E-state index contributed by atoms with van der Waals surface area (Å²) >= 11 is 0. The van der Waals surface area contributed by atoms with E-state index in [-0.39, 0.29) is 38.2 Å². The van der Waals surface area contributed by atoms with Gasteiger partial charge < -0.3 is 24.9 Å². The van der Waals surface area contributed by atoms with E-state index in [1.165, 1.54) is 0 Å². The third-order valence-corrected chi connectivity index (χ3v) is 7.62. The largest absolute Gasteiger partial charge is 0.481 e. The average Bonchev–Trinajstić information content (AvgIpc) is 3.35. The van der Waals surface area contributed by atoms with Gasteiger partial charge in [-0.05, 0) is 49.3 Å². The SMILES string of the molecule is O=C(N[C@H](c1nc2nc(C3(C(=O)O)CCOCC3)ccc2[nH]1)C1CCC(F)(F)CC1)OCc1ccccc1. The number of alkyl carbamates (subject to hydrolysis) is 1. The number of carbonyl (C=O) groups is 2. The Hall–Kier alpha value is -3.60. The smallest absolute Gasteiger partial charge is 0.408 e. The van der Waals surface area contributed by atoms with E-state index in [1.807, 2.05) is 30.3 Å². The number of hydrogen-bond acceptors (Lipinski definition) is 6. The number of H-pyrrole nitrogens is 1. The maximum absolute atomic E-state index is 13.9. The summed E-state index contributed by atoms with van der Waals surface area (Å²) in [6, 6.07) is 11.9. The van der Waals surface area contributed by atoms with E-state index in [1.54, 1.807) is 12.1 Å². The Balaban J connectivity index is 1.41. The first kappa shape index (κ1) is 26.0. The monoisotopic (exact) mass is 528 g/mol. The van der Waals surface area contributed by atoms with Crippen LogP contribution in [0.3, 0.4) is 0 Å². The number of carboxylic acids is 1. The topological polar surface area (TPSA) is 126 Å². The van der Waals surface area contributed by atoms with Crippen molar-refractivity contribution in [1.82, 2.24) is 20.3 Å². The van der Waals surface area contributed by atoms with Crippen LogP contribution in [0.15, 0.2) is 42.5 Å². The van der Waals surface area contributed by atoms with Crippen LogP contribution in [0.4, 0.5) is 13.6 Å². The molecule has 1 aliphatic heterocycles. The van der Waals surface area contributed by atoms with E-state index in [9.17, 15) is 23.5 Å². The Morgan fingerprint density at radius 2 is 1.79 bits per heavy atom. The molecule has 0 unspecified atom stereocenters. The zero-order chi connectivity index (χ0) is 26.8. The van der Waals surface area contributed by atoms with E-state index in [0.717, 1.165) is 5.56 Å². The van der Waals surface area contributed by atoms with Crippen molar-refractivity contribution >= 4 is 23.2 Å². The summed E-state index contributed by atoms with van der Waals surface area (Å²) in [4.78, 5) is 37.3. The lowest BCUT2D eigenvalue weighted by atomic mass is 9.77. The van der Waals surface area contributed by atoms with Crippen molar-refractivity contribution in [3.8, 4) is 0 Å². The average molecular weight is 529 g/mol. The fraction of sp³-hybridized carbons (Fsp3) is 0.481. The number of fused-ring (bicyclic) bond motifs is 1. The van der Waals surface area contributed by atoms with Crippen molar-refractivity contribution in [3.63, 3.8) is 0 Å². The number of alkyl halides is 2. The zero-order valence-electron chi connectivity index (χ0n) is 20.8. The van der Waals surface area contributed by atoms with Gasteiger partial charge in [-0.1, -0.05) is 30.3 Å². The van der Waals surface area contributed by atoms with Gasteiger partial charge in [-0.15, -0.1) is 0 Å². The van der Waals surface area contributed by atoms with Crippen molar-refractivity contribution in [2.75, 3.05) is 13.2 Å². The Kier molecular flexibility index (Phi) is 7.29. The van der Waals surface area contributed by atoms with Crippen LogP contribution in [0.2, 0.25) is 0 Å². The van der Waals surface area contributed by atoms with Gasteiger partial charge in [0.1, 0.15) is 17.8 Å². The van der Waals surface area contributed by atoms with Crippen molar-refractivity contribution < 1.29 is 33.0 Å². The van der Waals surface area contributed by atoms with Crippen LogP contribution in [0.5, 0.6) is 0 Å². The number of nitrogens with one attached hydrogen (secondary N) is 2. The van der Waals surface area contributed by atoms with Gasteiger partial charge in [-0.2, -0.15) is 0 Å². The van der Waals surface area contributed by atoms with Crippen LogP contribution in [0.1, 0.15) is 61.6 Å². The van der Waals surface area contributed by atoms with Gasteiger partial charge in [0.15, 0.2) is 5.65 Å². The second-order valence-corrected chi connectivity index (χ2v) is 10.1. The summed E-state index contributed by atoms with van der Waals surface area (Å²) in [5, 5.41) is 12.8. The molecule has 2 aromatic heterocycles. The molecule has 3 aromatic rings. The number of amides is 1. The predicted octanol–water partition coefficient (Wildman–Crippen LogP) is 4.88. The fourth-order valence-electron chi connectivity index (χ4n) is 5.32. The highest BCUT2D eigenvalue weighted by Crippen LogP contribution is 2.41. The summed E-state index contributed by atoms with van der Waals surface area (Å²) in [5.74, 6) is -3.62. The number of halogens is 2. The van der Waals surface area contributed by atoms with E-state index in [0.29, 0.717) is 48.7 Å². The first-order valence-corrected chi connectivity index (χ1v) is 12.8. The first-order chi connectivity index (χ1) is 18.3. The molecule has 1 saturated carbocycles. The van der Waals surface area contributed by atoms with E-state index >= 15 is 0 Å². The molecule has 2 fully saturated rings. The molecule has 1 aromatic carbocycles. The van der Waals surface area contributed by atoms with Gasteiger partial charge in [0.2, 0.25) is 5.92 Å². The fourth-order valence-corrected chi connectivity index (χ4v) is 5.32. The lowest BCUT2D eigenvalue weighted by molar-refractivity contribution is -0.148. The van der Waals surface area contributed by atoms with E-state index in [4.69, 9.17) is 9.47 Å². The number of imidazole rings is 1. The first-order valence-electron chi connectivity index (χ1n) is 12.8. The predicted molar refractivity (Wildman–Crippen MR) is 133 cm³/mol. The summed E-state index contributed by atoms with van der Waals surface area (Å²) in [5.41, 5.74) is 0.900. The summed E-state index contributed by atoms with van der Waals surface area (Å²) in [7, 11) is 0. The molecule has 2 aliphatic rings. The summed E-state index contributed by atoms with van der Waals surface area (Å²) in [6.45, 7) is 0.705. The molecule has 1 saturated heterocycles.